The van der Waals surface area contributed by atoms with Crippen LogP contribution in [0, 0.1) is 0 Å². The van der Waals surface area contributed by atoms with Gasteiger partial charge in [0.25, 0.3) is 0 Å². The highest BCUT2D eigenvalue weighted by atomic mass is 15.2. The molecule has 0 fully saturated rings. The van der Waals surface area contributed by atoms with Crippen LogP contribution in [0.3, 0.4) is 0 Å². The van der Waals surface area contributed by atoms with Gasteiger partial charge in [-0.1, -0.05) is 20.8 Å². The standard InChI is InChI=1S/C13H24N4/c1-5-7-17(6-2)13-15-9-12(10-16-13)8-14-11(3)4/h9-11,14H,5-8H2,1-4H3. The monoisotopic (exact) mass is 236 g/mol. The highest BCUT2D eigenvalue weighted by Gasteiger charge is 2.05. The van der Waals surface area contributed by atoms with Crippen LogP contribution < -0.4 is 10.2 Å². The molecule has 4 nitrogen and oxygen atoms in total. The lowest BCUT2D eigenvalue weighted by molar-refractivity contribution is 0.586. The van der Waals surface area contributed by atoms with E-state index in [4.69, 9.17) is 0 Å². The average Bonchev–Trinajstić information content (AvgIpc) is 2.34. The molecule has 0 saturated carbocycles. The summed E-state index contributed by atoms with van der Waals surface area (Å²) in [5.41, 5.74) is 1.13. The van der Waals surface area contributed by atoms with Crippen LogP contribution in [0.4, 0.5) is 5.95 Å². The van der Waals surface area contributed by atoms with Gasteiger partial charge in [-0.05, 0) is 13.3 Å². The molecule has 1 aromatic rings. The molecule has 1 rings (SSSR count). The summed E-state index contributed by atoms with van der Waals surface area (Å²) >= 11 is 0. The molecule has 0 aliphatic heterocycles. The average molecular weight is 236 g/mol. The van der Waals surface area contributed by atoms with E-state index in [1.807, 2.05) is 12.4 Å². The molecule has 0 aromatic carbocycles. The van der Waals surface area contributed by atoms with Gasteiger partial charge in [-0.2, -0.15) is 0 Å². The van der Waals surface area contributed by atoms with Crippen LogP contribution in [-0.4, -0.2) is 29.1 Å². The van der Waals surface area contributed by atoms with Gasteiger partial charge in [-0.15, -0.1) is 0 Å². The predicted molar refractivity (Wildman–Crippen MR) is 72.2 cm³/mol. The minimum absolute atomic E-state index is 0.488. The second-order valence-electron chi connectivity index (χ2n) is 4.51. The first kappa shape index (κ1) is 13.9. The van der Waals surface area contributed by atoms with E-state index in [0.717, 1.165) is 37.6 Å². The van der Waals surface area contributed by atoms with Crippen LogP contribution in [0.1, 0.15) is 39.7 Å². The Morgan fingerprint density at radius 1 is 1.24 bits per heavy atom. The first-order valence-corrected chi connectivity index (χ1v) is 6.46. The smallest absolute Gasteiger partial charge is 0.225 e. The van der Waals surface area contributed by atoms with Gasteiger partial charge >= 0.3 is 0 Å². The molecule has 1 heterocycles. The highest BCUT2D eigenvalue weighted by molar-refractivity contribution is 5.29. The van der Waals surface area contributed by atoms with E-state index in [2.05, 4.69) is 47.9 Å². The van der Waals surface area contributed by atoms with E-state index >= 15 is 0 Å². The molecule has 4 heteroatoms. The van der Waals surface area contributed by atoms with Gasteiger partial charge in [0, 0.05) is 43.6 Å². The molecule has 1 N–H and O–H groups in total. The zero-order chi connectivity index (χ0) is 12.7. The Kier molecular flexibility index (Phi) is 5.91. The minimum atomic E-state index is 0.488. The summed E-state index contributed by atoms with van der Waals surface area (Å²) in [7, 11) is 0. The van der Waals surface area contributed by atoms with Crippen LogP contribution in [-0.2, 0) is 6.54 Å². The molecule has 0 unspecified atom stereocenters. The molecule has 1 aromatic heterocycles. The zero-order valence-corrected chi connectivity index (χ0v) is 11.4. The first-order chi connectivity index (χ1) is 8.17. The third-order valence-corrected chi connectivity index (χ3v) is 2.56. The van der Waals surface area contributed by atoms with Crippen molar-refractivity contribution in [3.63, 3.8) is 0 Å². The van der Waals surface area contributed by atoms with Crippen molar-refractivity contribution in [2.75, 3.05) is 18.0 Å². The molecule has 96 valence electrons. The fourth-order valence-corrected chi connectivity index (χ4v) is 1.59. The summed E-state index contributed by atoms with van der Waals surface area (Å²) in [5, 5.41) is 3.36. The topological polar surface area (TPSA) is 41.1 Å². The van der Waals surface area contributed by atoms with Gasteiger partial charge in [-0.25, -0.2) is 9.97 Å². The Morgan fingerprint density at radius 2 is 1.88 bits per heavy atom. The largest absolute Gasteiger partial charge is 0.341 e. The summed E-state index contributed by atoms with van der Waals surface area (Å²) in [5.74, 6) is 0.836. The molecular formula is C13H24N4. The number of anilines is 1. The second kappa shape index (κ2) is 7.22. The maximum absolute atomic E-state index is 4.42. The third-order valence-electron chi connectivity index (χ3n) is 2.56. The van der Waals surface area contributed by atoms with Crippen molar-refractivity contribution >= 4 is 5.95 Å². The normalized spacial score (nSPS) is 10.9. The molecule has 0 atom stereocenters. The van der Waals surface area contributed by atoms with Crippen molar-refractivity contribution in [1.29, 1.82) is 0 Å². The summed E-state index contributed by atoms with van der Waals surface area (Å²) in [4.78, 5) is 11.0. The van der Waals surface area contributed by atoms with Gasteiger partial charge in [0.05, 0.1) is 0 Å². The van der Waals surface area contributed by atoms with E-state index in [9.17, 15) is 0 Å². The van der Waals surface area contributed by atoms with Crippen LogP contribution in [0.2, 0.25) is 0 Å². The molecule has 0 aliphatic rings. The van der Waals surface area contributed by atoms with Crippen LogP contribution in [0.25, 0.3) is 0 Å². The summed E-state index contributed by atoms with van der Waals surface area (Å²) < 4.78 is 0. The van der Waals surface area contributed by atoms with Gasteiger partial charge in [0.2, 0.25) is 5.95 Å². The van der Waals surface area contributed by atoms with E-state index in [1.54, 1.807) is 0 Å². The summed E-state index contributed by atoms with van der Waals surface area (Å²) in [6.45, 7) is 11.4. The quantitative estimate of drug-likeness (QED) is 0.788. The molecule has 0 bridgehead atoms. The second-order valence-corrected chi connectivity index (χ2v) is 4.51. The zero-order valence-electron chi connectivity index (χ0n) is 11.4. The fraction of sp³-hybridized carbons (Fsp3) is 0.692. The fourth-order valence-electron chi connectivity index (χ4n) is 1.59. The lowest BCUT2D eigenvalue weighted by Crippen LogP contribution is -2.26. The van der Waals surface area contributed by atoms with Gasteiger partial charge in [0.15, 0.2) is 0 Å². The first-order valence-electron chi connectivity index (χ1n) is 6.46. The third kappa shape index (κ3) is 4.69. The molecular weight excluding hydrogens is 212 g/mol. The van der Waals surface area contributed by atoms with Crippen LogP contribution in [0.15, 0.2) is 12.4 Å². The van der Waals surface area contributed by atoms with Gasteiger partial charge < -0.3 is 10.2 Å². The lowest BCUT2D eigenvalue weighted by atomic mass is 10.3. The van der Waals surface area contributed by atoms with Crippen molar-refractivity contribution in [3.05, 3.63) is 18.0 Å². The van der Waals surface area contributed by atoms with Crippen molar-refractivity contribution in [2.24, 2.45) is 0 Å². The van der Waals surface area contributed by atoms with E-state index in [0.29, 0.717) is 6.04 Å². The van der Waals surface area contributed by atoms with Crippen molar-refractivity contribution in [3.8, 4) is 0 Å². The highest BCUT2D eigenvalue weighted by Crippen LogP contribution is 2.07. The van der Waals surface area contributed by atoms with Crippen LogP contribution in [0.5, 0.6) is 0 Å². The minimum Gasteiger partial charge on any atom is -0.341 e. The molecule has 0 amide bonds. The molecule has 17 heavy (non-hydrogen) atoms. The molecule has 0 aliphatic carbocycles. The van der Waals surface area contributed by atoms with Gasteiger partial charge in [0.1, 0.15) is 0 Å². The van der Waals surface area contributed by atoms with E-state index in [-0.39, 0.29) is 0 Å². The molecule has 0 radical (unpaired) electrons. The van der Waals surface area contributed by atoms with Gasteiger partial charge in [-0.3, -0.25) is 0 Å². The van der Waals surface area contributed by atoms with E-state index in [1.165, 1.54) is 0 Å². The summed E-state index contributed by atoms with van der Waals surface area (Å²) in [6.07, 6.45) is 4.94. The number of aromatic nitrogens is 2. The molecule has 0 saturated heterocycles. The van der Waals surface area contributed by atoms with Crippen molar-refractivity contribution in [2.45, 2.75) is 46.7 Å². The Balaban J connectivity index is 2.59. The van der Waals surface area contributed by atoms with Crippen molar-refractivity contribution < 1.29 is 0 Å². The number of rotatable bonds is 7. The Bertz CT molecular complexity index is 308. The molecule has 0 spiro atoms. The Hall–Kier alpha value is -1.16. The number of nitrogens with zero attached hydrogens (tertiary/aromatic N) is 3. The Morgan fingerprint density at radius 3 is 2.35 bits per heavy atom. The number of hydrogen-bond donors (Lipinski definition) is 1. The predicted octanol–water partition coefficient (Wildman–Crippen LogP) is 2.21. The number of hydrogen-bond acceptors (Lipinski definition) is 4. The van der Waals surface area contributed by atoms with Crippen LogP contribution >= 0.6 is 0 Å². The van der Waals surface area contributed by atoms with Crippen molar-refractivity contribution in [1.82, 2.24) is 15.3 Å². The Labute approximate surface area is 104 Å². The van der Waals surface area contributed by atoms with E-state index < -0.39 is 0 Å². The maximum atomic E-state index is 4.42. The number of nitrogens with one attached hydrogen (secondary N) is 1. The summed E-state index contributed by atoms with van der Waals surface area (Å²) in [6, 6.07) is 0.488. The lowest BCUT2D eigenvalue weighted by Gasteiger charge is -2.19. The SMILES string of the molecule is CCCN(CC)c1ncc(CNC(C)C)cn1. The maximum Gasteiger partial charge on any atom is 0.225 e.